The van der Waals surface area contributed by atoms with Gasteiger partial charge in [-0.2, -0.15) is 0 Å². The highest BCUT2D eigenvalue weighted by atomic mass is 16.6. The van der Waals surface area contributed by atoms with Gasteiger partial charge in [-0.15, -0.1) is 0 Å². The number of hydrogen-bond donors (Lipinski definition) is 0. The second-order valence-corrected chi connectivity index (χ2v) is 16.8. The third kappa shape index (κ3) is 5.47. The maximum atomic E-state index is 6.80. The smallest absolute Gasteiger partial charge is 0.178 e. The zero-order valence-electron chi connectivity index (χ0n) is 34.8. The maximum Gasteiger partial charge on any atom is 0.178 e. The second kappa shape index (κ2) is 14.3. The normalized spacial score (nSPS) is 13.1. The van der Waals surface area contributed by atoms with Crippen LogP contribution in [0.25, 0.3) is 55.6 Å². The summed E-state index contributed by atoms with van der Waals surface area (Å²) in [5, 5.41) is 0. The number of ether oxygens (including phenoxy) is 2. The summed E-state index contributed by atoms with van der Waals surface area (Å²) in [5.41, 5.74) is 19.7. The van der Waals surface area contributed by atoms with Crippen LogP contribution < -0.4 is 14.4 Å². The Balaban J connectivity index is 0.899. The predicted octanol–water partition coefficient (Wildman–Crippen LogP) is 16.4. The lowest BCUT2D eigenvalue weighted by molar-refractivity contribution is 0.360. The van der Waals surface area contributed by atoms with Gasteiger partial charge >= 0.3 is 0 Å². The minimum absolute atomic E-state index is 0.538. The van der Waals surface area contributed by atoms with Crippen molar-refractivity contribution in [2.75, 3.05) is 4.90 Å². The fourth-order valence-electron chi connectivity index (χ4n) is 10.5. The maximum absolute atomic E-state index is 6.80. The van der Waals surface area contributed by atoms with Crippen molar-refractivity contribution in [1.82, 2.24) is 0 Å². The van der Waals surface area contributed by atoms with E-state index in [9.17, 15) is 0 Å². The van der Waals surface area contributed by atoms with E-state index in [1.807, 2.05) is 24.3 Å². The van der Waals surface area contributed by atoms with Gasteiger partial charge in [0, 0.05) is 22.6 Å². The van der Waals surface area contributed by atoms with Crippen LogP contribution >= 0.6 is 0 Å². The second-order valence-electron chi connectivity index (χ2n) is 16.8. The zero-order chi connectivity index (χ0) is 42.2. The first-order valence-corrected chi connectivity index (χ1v) is 21.9. The molecule has 0 atom stereocenters. The van der Waals surface area contributed by atoms with Crippen molar-refractivity contribution in [3.8, 4) is 78.6 Å². The average Bonchev–Trinajstić information content (AvgIpc) is 3.84. The summed E-state index contributed by atoms with van der Waals surface area (Å²) in [5.74, 6) is 2.95. The molecule has 3 heteroatoms. The van der Waals surface area contributed by atoms with Gasteiger partial charge in [0.2, 0.25) is 0 Å². The highest BCUT2D eigenvalue weighted by Crippen LogP contribution is 2.66. The van der Waals surface area contributed by atoms with E-state index in [2.05, 4.69) is 217 Å². The van der Waals surface area contributed by atoms with Gasteiger partial charge in [-0.25, -0.2) is 0 Å². The van der Waals surface area contributed by atoms with Gasteiger partial charge in [-0.05, 0) is 133 Å². The molecule has 10 aromatic carbocycles. The molecular formula is C61H39NO2. The molecule has 0 saturated carbocycles. The lowest BCUT2D eigenvalue weighted by Crippen LogP contribution is -2.26. The molecule has 0 bridgehead atoms. The van der Waals surface area contributed by atoms with Gasteiger partial charge in [0.1, 0.15) is 0 Å². The van der Waals surface area contributed by atoms with Crippen molar-refractivity contribution in [2.45, 2.75) is 5.41 Å². The minimum Gasteiger partial charge on any atom is -0.449 e. The minimum atomic E-state index is -0.538. The molecule has 300 valence electrons. The molecule has 1 heterocycles. The first-order valence-electron chi connectivity index (χ1n) is 21.9. The molecule has 0 saturated heterocycles. The van der Waals surface area contributed by atoms with E-state index in [4.69, 9.17) is 9.47 Å². The molecule has 1 aliphatic heterocycles. The van der Waals surface area contributed by atoms with Crippen LogP contribution in [0.2, 0.25) is 0 Å². The van der Waals surface area contributed by atoms with Gasteiger partial charge in [0.15, 0.2) is 23.0 Å². The van der Waals surface area contributed by atoms with Crippen LogP contribution in [0.4, 0.5) is 17.1 Å². The van der Waals surface area contributed by atoms with Crippen molar-refractivity contribution in [1.29, 1.82) is 0 Å². The number of fused-ring (bicyclic) bond motifs is 13. The van der Waals surface area contributed by atoms with Gasteiger partial charge in [-0.3, -0.25) is 0 Å². The SMILES string of the molecule is c1ccc(-c2ccc(-c3ccc(N(c4ccccc4)c4ccc(-c5ccc6c(c5)C5(c7ccccc7-c7ccccc75)c5ccc7c(c5-6)Oc5ccccc5O7)cc4)cc3)cc2)cc1. The number of para-hydroxylation sites is 3. The van der Waals surface area contributed by atoms with Crippen LogP contribution in [0.5, 0.6) is 23.0 Å². The van der Waals surface area contributed by atoms with E-state index in [0.717, 1.165) is 62.3 Å². The molecule has 1 spiro atoms. The number of nitrogens with zero attached hydrogens (tertiary/aromatic N) is 1. The summed E-state index contributed by atoms with van der Waals surface area (Å²) < 4.78 is 13.3. The zero-order valence-corrected chi connectivity index (χ0v) is 34.8. The third-order valence-corrected chi connectivity index (χ3v) is 13.4. The fraction of sp³-hybridized carbons (Fsp3) is 0.0164. The van der Waals surface area contributed by atoms with Gasteiger partial charge in [0.05, 0.1) is 5.41 Å². The largest absolute Gasteiger partial charge is 0.449 e. The lowest BCUT2D eigenvalue weighted by Gasteiger charge is -2.31. The molecular weight excluding hydrogens is 779 g/mol. The summed E-state index contributed by atoms with van der Waals surface area (Å²) in [6, 6.07) is 85.0. The summed E-state index contributed by atoms with van der Waals surface area (Å²) in [4.78, 5) is 2.33. The van der Waals surface area contributed by atoms with Crippen molar-refractivity contribution in [2.24, 2.45) is 0 Å². The Labute approximate surface area is 372 Å². The molecule has 0 radical (unpaired) electrons. The van der Waals surface area contributed by atoms with E-state index in [1.54, 1.807) is 0 Å². The van der Waals surface area contributed by atoms with Crippen LogP contribution in [0.3, 0.4) is 0 Å². The standard InChI is InChI=1S/C61H39NO2/c1-3-13-40(14-4-1)41-23-25-42(26-24-41)43-27-32-47(33-28-43)62(46-15-5-2-6-16-46)48-34-29-44(30-35-48)45-31-36-51-55(39-45)61(52-19-9-7-17-49(52)50-18-8-10-20-53(50)61)54-37-38-58-60(59(51)54)64-57-22-12-11-21-56(57)63-58/h1-39H. The topological polar surface area (TPSA) is 21.7 Å². The van der Waals surface area contributed by atoms with E-state index < -0.39 is 5.41 Å². The van der Waals surface area contributed by atoms with Crippen molar-refractivity contribution in [3.05, 3.63) is 259 Å². The lowest BCUT2D eigenvalue weighted by atomic mass is 9.70. The Morgan fingerprint density at radius 1 is 0.281 bits per heavy atom. The Morgan fingerprint density at radius 2 is 0.734 bits per heavy atom. The summed E-state index contributed by atoms with van der Waals surface area (Å²) >= 11 is 0. The molecule has 3 aliphatic rings. The summed E-state index contributed by atoms with van der Waals surface area (Å²) in [6.07, 6.45) is 0. The molecule has 0 fully saturated rings. The average molecular weight is 818 g/mol. The molecule has 0 N–H and O–H groups in total. The van der Waals surface area contributed by atoms with E-state index in [1.165, 1.54) is 55.6 Å². The summed E-state index contributed by atoms with van der Waals surface area (Å²) in [6.45, 7) is 0. The molecule has 10 aromatic rings. The number of benzene rings is 10. The van der Waals surface area contributed by atoms with E-state index in [0.29, 0.717) is 0 Å². The third-order valence-electron chi connectivity index (χ3n) is 13.4. The van der Waals surface area contributed by atoms with Gasteiger partial charge in [0.25, 0.3) is 0 Å². The van der Waals surface area contributed by atoms with Crippen LogP contribution in [-0.2, 0) is 5.41 Å². The van der Waals surface area contributed by atoms with Crippen molar-refractivity contribution in [3.63, 3.8) is 0 Å². The first kappa shape index (κ1) is 36.3. The molecule has 2 aliphatic carbocycles. The number of hydrogen-bond acceptors (Lipinski definition) is 3. The molecule has 0 amide bonds. The first-order chi connectivity index (χ1) is 31.7. The predicted molar refractivity (Wildman–Crippen MR) is 260 cm³/mol. The Kier molecular flexibility index (Phi) is 8.13. The number of rotatable bonds is 6. The van der Waals surface area contributed by atoms with Gasteiger partial charge in [-0.1, -0.05) is 176 Å². The molecule has 0 unspecified atom stereocenters. The Morgan fingerprint density at radius 3 is 1.34 bits per heavy atom. The van der Waals surface area contributed by atoms with Crippen molar-refractivity contribution >= 4 is 17.1 Å². The Bertz CT molecular complexity index is 3370. The Hall–Kier alpha value is -8.40. The number of anilines is 3. The van der Waals surface area contributed by atoms with Crippen LogP contribution in [0, 0.1) is 0 Å². The van der Waals surface area contributed by atoms with Crippen LogP contribution in [-0.4, -0.2) is 0 Å². The molecule has 3 nitrogen and oxygen atoms in total. The van der Waals surface area contributed by atoms with E-state index >= 15 is 0 Å². The van der Waals surface area contributed by atoms with Crippen molar-refractivity contribution < 1.29 is 9.47 Å². The highest BCUT2D eigenvalue weighted by molar-refractivity contribution is 5.99. The molecule has 13 rings (SSSR count). The monoisotopic (exact) mass is 817 g/mol. The van der Waals surface area contributed by atoms with Crippen LogP contribution in [0.1, 0.15) is 22.3 Å². The highest BCUT2D eigenvalue weighted by Gasteiger charge is 2.53. The molecule has 0 aromatic heterocycles. The molecule has 64 heavy (non-hydrogen) atoms. The van der Waals surface area contributed by atoms with Crippen LogP contribution in [0.15, 0.2) is 237 Å². The quantitative estimate of drug-likeness (QED) is 0.167. The summed E-state index contributed by atoms with van der Waals surface area (Å²) in [7, 11) is 0. The fourth-order valence-corrected chi connectivity index (χ4v) is 10.5. The van der Waals surface area contributed by atoms with Gasteiger partial charge < -0.3 is 14.4 Å². The van der Waals surface area contributed by atoms with E-state index in [-0.39, 0.29) is 0 Å².